The van der Waals surface area contributed by atoms with Crippen molar-refractivity contribution >= 4 is 8.41 Å². The second-order valence-corrected chi connectivity index (χ2v) is 0.408. The molecule has 0 aliphatic carbocycles. The van der Waals surface area contributed by atoms with Crippen LogP contribution in [0.2, 0.25) is 0 Å². The third kappa shape index (κ3) is 7440. The molecule has 31 valence electrons. The van der Waals surface area contributed by atoms with Gasteiger partial charge in [-0.1, -0.05) is 6.92 Å². The summed E-state index contributed by atoms with van der Waals surface area (Å²) in [4.78, 5) is 0. The van der Waals surface area contributed by atoms with E-state index >= 15 is 0 Å². The molecule has 0 aliphatic rings. The summed E-state index contributed by atoms with van der Waals surface area (Å²) in [5.74, 6) is 0. The fraction of sp³-hybridized carbons (Fsp3) is 1.00. The first-order valence-electron chi connectivity index (χ1n) is 1.12. The van der Waals surface area contributed by atoms with E-state index in [0.29, 0.717) is 0 Å². The van der Waals surface area contributed by atoms with Gasteiger partial charge in [0.25, 0.3) is 0 Å². The minimum atomic E-state index is 0. The number of nitrogens with two attached hydrogens (primary N) is 1. The van der Waals surface area contributed by atoms with Crippen LogP contribution in [0.15, 0.2) is 0 Å². The van der Waals surface area contributed by atoms with E-state index < -0.39 is 0 Å². The van der Waals surface area contributed by atoms with Gasteiger partial charge in [0, 0.05) is 8.41 Å². The smallest absolute Gasteiger partial charge is 0 e. The highest BCUT2D eigenvalue weighted by molar-refractivity contribution is 5.75. The lowest BCUT2D eigenvalue weighted by molar-refractivity contribution is 1.11. The maximum Gasteiger partial charge on any atom is 0 e. The van der Waals surface area contributed by atoms with Crippen molar-refractivity contribution in [1.82, 2.24) is 0 Å². The first kappa shape index (κ1) is 20.3. The SMILES string of the molecule is CCN.F.[B]. The van der Waals surface area contributed by atoms with Crippen LogP contribution in [-0.4, -0.2) is 15.0 Å². The van der Waals surface area contributed by atoms with Gasteiger partial charge in [0.2, 0.25) is 0 Å². The Hall–Kier alpha value is -0.0451. The average Bonchev–Trinajstić information content (AvgIpc) is 0.918. The molecular weight excluding hydrogens is 67.8 g/mol. The molecule has 0 saturated carbocycles. The van der Waals surface area contributed by atoms with Crippen molar-refractivity contribution in [3.8, 4) is 0 Å². The Morgan fingerprint density at radius 2 is 1.60 bits per heavy atom. The van der Waals surface area contributed by atoms with Crippen LogP contribution in [0.1, 0.15) is 6.92 Å². The van der Waals surface area contributed by atoms with E-state index in [2.05, 4.69) is 0 Å². The third-order valence-electron chi connectivity index (χ3n) is 0. The second kappa shape index (κ2) is 37.9. The van der Waals surface area contributed by atoms with Crippen molar-refractivity contribution in [2.75, 3.05) is 6.54 Å². The van der Waals surface area contributed by atoms with Gasteiger partial charge in [-0.05, 0) is 6.54 Å². The largest absolute Gasteiger partial charge is 0.331 e. The predicted molar refractivity (Wildman–Crippen MR) is 23.0 cm³/mol. The molecule has 0 saturated heterocycles. The molecule has 0 unspecified atom stereocenters. The van der Waals surface area contributed by atoms with Crippen LogP contribution in [0, 0.1) is 0 Å². The maximum atomic E-state index is 4.85. The zero-order chi connectivity index (χ0) is 2.71. The van der Waals surface area contributed by atoms with Crippen molar-refractivity contribution in [3.05, 3.63) is 0 Å². The van der Waals surface area contributed by atoms with Gasteiger partial charge in [0.1, 0.15) is 0 Å². The lowest BCUT2D eigenvalue weighted by atomic mass is 10.8. The van der Waals surface area contributed by atoms with Gasteiger partial charge in [-0.3, -0.25) is 4.70 Å². The predicted octanol–water partition coefficient (Wildman–Crippen LogP) is -0.263. The molecule has 0 aromatic heterocycles. The lowest BCUT2D eigenvalue weighted by Crippen LogP contribution is -1.87. The lowest BCUT2D eigenvalue weighted by Gasteiger charge is -1.53. The molecule has 0 fully saturated rings. The van der Waals surface area contributed by atoms with Gasteiger partial charge >= 0.3 is 0 Å². The summed E-state index contributed by atoms with van der Waals surface area (Å²) in [6, 6.07) is 0. The van der Waals surface area contributed by atoms with E-state index in [9.17, 15) is 0 Å². The summed E-state index contributed by atoms with van der Waals surface area (Å²) in [5.41, 5.74) is 4.85. The van der Waals surface area contributed by atoms with Crippen molar-refractivity contribution in [2.45, 2.75) is 6.92 Å². The number of rotatable bonds is 0. The molecule has 1 nitrogen and oxygen atoms in total. The highest BCUT2D eigenvalue weighted by Gasteiger charge is 1.32. The van der Waals surface area contributed by atoms with Crippen molar-refractivity contribution in [3.63, 3.8) is 0 Å². The van der Waals surface area contributed by atoms with Gasteiger partial charge in [0.05, 0.1) is 0 Å². The van der Waals surface area contributed by atoms with Crippen LogP contribution < -0.4 is 5.73 Å². The molecule has 3 heteroatoms. The van der Waals surface area contributed by atoms with Crippen LogP contribution in [-0.2, 0) is 0 Å². The highest BCUT2D eigenvalue weighted by atomic mass is 19.0. The standard InChI is InChI=1S/C2H7N.B.FH/c1-2-3;;/h2-3H2,1H3;;1H. The van der Waals surface area contributed by atoms with Crippen molar-refractivity contribution in [1.29, 1.82) is 0 Å². The van der Waals surface area contributed by atoms with Crippen LogP contribution in [0.4, 0.5) is 4.70 Å². The number of hydrogen-bond donors (Lipinski definition) is 1. The topological polar surface area (TPSA) is 26.0 Å². The molecule has 0 aromatic carbocycles. The molecule has 0 rings (SSSR count). The average molecular weight is 75.9 g/mol. The van der Waals surface area contributed by atoms with Crippen molar-refractivity contribution in [2.24, 2.45) is 5.73 Å². The number of hydrogen-bond acceptors (Lipinski definition) is 1. The van der Waals surface area contributed by atoms with E-state index in [4.69, 9.17) is 5.73 Å². The number of halogens is 1. The molecule has 3 radical (unpaired) electrons. The second-order valence-electron chi connectivity index (χ2n) is 0.408. The van der Waals surface area contributed by atoms with Gasteiger partial charge in [-0.15, -0.1) is 0 Å². The van der Waals surface area contributed by atoms with Gasteiger partial charge in [-0.25, -0.2) is 0 Å². The quantitative estimate of drug-likeness (QED) is 0.395. The Balaban J connectivity index is -0.0000000200. The Labute approximate surface area is 33.5 Å². The summed E-state index contributed by atoms with van der Waals surface area (Å²) in [7, 11) is 0. The van der Waals surface area contributed by atoms with Gasteiger partial charge in [-0.2, -0.15) is 0 Å². The molecule has 0 atom stereocenters. The minimum Gasteiger partial charge on any atom is -0.331 e. The molecule has 5 heavy (non-hydrogen) atoms. The van der Waals surface area contributed by atoms with E-state index in [0.717, 1.165) is 6.54 Å². The molecule has 0 heterocycles. The fourth-order valence-electron chi connectivity index (χ4n) is 0. The summed E-state index contributed by atoms with van der Waals surface area (Å²) >= 11 is 0. The summed E-state index contributed by atoms with van der Waals surface area (Å²) in [5, 5.41) is 0. The van der Waals surface area contributed by atoms with Crippen LogP contribution in [0.25, 0.3) is 0 Å². The first-order valence-corrected chi connectivity index (χ1v) is 1.12. The summed E-state index contributed by atoms with van der Waals surface area (Å²) < 4.78 is 0. The Bertz CT molecular complexity index is 9.61. The zero-order valence-electron chi connectivity index (χ0n) is 3.27. The molecule has 0 amide bonds. The van der Waals surface area contributed by atoms with Crippen molar-refractivity contribution < 1.29 is 4.70 Å². The first-order chi connectivity index (χ1) is 1.41. The highest BCUT2D eigenvalue weighted by Crippen LogP contribution is 1.20. The van der Waals surface area contributed by atoms with Crippen LogP contribution in [0.3, 0.4) is 0 Å². The molecule has 0 spiro atoms. The Morgan fingerprint density at radius 3 is 1.60 bits per heavy atom. The third-order valence-corrected chi connectivity index (χ3v) is 0. The Morgan fingerprint density at radius 1 is 1.60 bits per heavy atom. The summed E-state index contributed by atoms with van der Waals surface area (Å²) in [6.07, 6.45) is 0. The normalized spacial score (nSPS) is 3.60. The van der Waals surface area contributed by atoms with E-state index in [-0.39, 0.29) is 13.1 Å². The zero-order valence-corrected chi connectivity index (χ0v) is 3.27. The summed E-state index contributed by atoms with van der Waals surface area (Å²) in [6.45, 7) is 2.65. The van der Waals surface area contributed by atoms with Crippen LogP contribution >= 0.6 is 0 Å². The minimum absolute atomic E-state index is 0. The maximum absolute atomic E-state index is 4.85. The molecule has 2 N–H and O–H groups in total. The van der Waals surface area contributed by atoms with E-state index in [1.807, 2.05) is 6.92 Å². The molecular formula is C2H8BFN. The van der Waals surface area contributed by atoms with Crippen LogP contribution in [0.5, 0.6) is 0 Å². The van der Waals surface area contributed by atoms with Gasteiger partial charge < -0.3 is 5.73 Å². The van der Waals surface area contributed by atoms with Gasteiger partial charge in [0.15, 0.2) is 0 Å². The molecule has 0 aromatic rings. The van der Waals surface area contributed by atoms with E-state index in [1.54, 1.807) is 0 Å². The fourth-order valence-corrected chi connectivity index (χ4v) is 0. The molecule has 0 bridgehead atoms. The van der Waals surface area contributed by atoms with E-state index in [1.165, 1.54) is 0 Å². The monoisotopic (exact) mass is 76.1 g/mol. The Kier molecular flexibility index (Phi) is 154. The molecule has 0 aliphatic heterocycles.